The second-order valence-corrected chi connectivity index (χ2v) is 7.23. The molecule has 0 bridgehead atoms. The average Bonchev–Trinajstić information content (AvgIpc) is 2.72. The van der Waals surface area contributed by atoms with Crippen molar-refractivity contribution in [2.45, 2.75) is 25.9 Å². The van der Waals surface area contributed by atoms with E-state index in [1.165, 1.54) is 18.0 Å². The van der Waals surface area contributed by atoms with E-state index < -0.39 is 22.7 Å². The molecule has 2 amide bonds. The molecule has 0 aromatic heterocycles. The summed E-state index contributed by atoms with van der Waals surface area (Å²) in [6.45, 7) is 2.33. The number of carbonyl (C=O) groups excluding carboxylic acids is 2. The first kappa shape index (κ1) is 25.3. The molecule has 0 aliphatic carbocycles. The van der Waals surface area contributed by atoms with Gasteiger partial charge in [-0.3, -0.25) is 9.59 Å². The number of para-hydroxylation sites is 2. The van der Waals surface area contributed by atoms with Gasteiger partial charge in [0.25, 0.3) is 0 Å². The number of alkyl halides is 3. The van der Waals surface area contributed by atoms with Crippen LogP contribution in [0.25, 0.3) is 0 Å². The van der Waals surface area contributed by atoms with E-state index >= 15 is 0 Å². The van der Waals surface area contributed by atoms with Crippen LogP contribution in [-0.2, 0) is 15.8 Å². The van der Waals surface area contributed by atoms with E-state index in [9.17, 15) is 22.8 Å². The Balaban J connectivity index is 1.80. The second-order valence-electron chi connectivity index (χ2n) is 6.82. The van der Waals surface area contributed by atoms with E-state index in [2.05, 4.69) is 5.32 Å². The van der Waals surface area contributed by atoms with Gasteiger partial charge in [-0.2, -0.15) is 13.2 Å². The summed E-state index contributed by atoms with van der Waals surface area (Å²) in [6.07, 6.45) is -4.09. The fourth-order valence-electron chi connectivity index (χ4n) is 2.76. The zero-order valence-electron chi connectivity index (χ0n) is 17.7. The first-order valence-electron chi connectivity index (χ1n) is 9.87. The topological polar surface area (TPSA) is 67.9 Å². The minimum atomic E-state index is -4.64. The number of halogens is 4. The lowest BCUT2D eigenvalue weighted by atomic mass is 10.2. The molecule has 0 saturated carbocycles. The maximum Gasteiger partial charge on any atom is 0.417 e. The second kappa shape index (κ2) is 11.6. The molecule has 0 atom stereocenters. The van der Waals surface area contributed by atoms with Crippen molar-refractivity contribution in [1.29, 1.82) is 0 Å². The summed E-state index contributed by atoms with van der Waals surface area (Å²) < 4.78 is 49.9. The molecule has 174 valence electrons. The van der Waals surface area contributed by atoms with Crippen LogP contribution in [0.3, 0.4) is 0 Å². The quantitative estimate of drug-likeness (QED) is 0.493. The Kier molecular flexibility index (Phi) is 9.19. The Hall–Kier alpha value is -2.94. The molecule has 0 unspecified atom stereocenters. The number of nitrogens with one attached hydrogen (secondary N) is 1. The molecular weight excluding hydrogens is 449 g/mol. The molecule has 1 N–H and O–H groups in total. The van der Waals surface area contributed by atoms with Crippen LogP contribution in [-0.4, -0.2) is 43.5 Å². The summed E-state index contributed by atoms with van der Waals surface area (Å²) in [4.78, 5) is 25.6. The number of amides is 2. The van der Waals surface area contributed by atoms with Gasteiger partial charge < -0.3 is 19.7 Å². The van der Waals surface area contributed by atoms with Crippen LogP contribution in [0.15, 0.2) is 42.5 Å². The molecule has 32 heavy (non-hydrogen) atoms. The Labute approximate surface area is 189 Å². The van der Waals surface area contributed by atoms with Crippen LogP contribution >= 0.6 is 11.6 Å². The standard InChI is InChI=1S/C22H24ClF3N2O4/c1-3-31-18-7-4-5-8-19(18)32-12-6-9-21(30)28(2)14-20(29)27-15-10-11-17(23)16(13-15)22(24,25)26/h4-5,7-8,10-11,13H,3,6,9,12,14H2,1-2H3,(H,27,29). The van der Waals surface area contributed by atoms with Gasteiger partial charge in [0.2, 0.25) is 11.8 Å². The molecular formula is C22H24ClF3N2O4. The highest BCUT2D eigenvalue weighted by Crippen LogP contribution is 2.36. The van der Waals surface area contributed by atoms with E-state index in [1.807, 2.05) is 19.1 Å². The fraction of sp³-hybridized carbons (Fsp3) is 0.364. The van der Waals surface area contributed by atoms with Crippen LogP contribution in [0.2, 0.25) is 5.02 Å². The zero-order chi connectivity index (χ0) is 23.7. The van der Waals surface area contributed by atoms with Crippen LogP contribution in [0.5, 0.6) is 11.5 Å². The molecule has 0 aliphatic heterocycles. The van der Waals surface area contributed by atoms with Crippen molar-refractivity contribution in [3.8, 4) is 11.5 Å². The minimum Gasteiger partial charge on any atom is -0.490 e. The monoisotopic (exact) mass is 472 g/mol. The average molecular weight is 473 g/mol. The lowest BCUT2D eigenvalue weighted by molar-refractivity contribution is -0.137. The molecule has 0 spiro atoms. The summed E-state index contributed by atoms with van der Waals surface area (Å²) in [7, 11) is 1.44. The van der Waals surface area contributed by atoms with E-state index in [1.54, 1.807) is 12.1 Å². The fourth-order valence-corrected chi connectivity index (χ4v) is 2.99. The highest BCUT2D eigenvalue weighted by molar-refractivity contribution is 6.31. The van der Waals surface area contributed by atoms with Crippen molar-refractivity contribution in [3.63, 3.8) is 0 Å². The highest BCUT2D eigenvalue weighted by atomic mass is 35.5. The number of hydrogen-bond donors (Lipinski definition) is 1. The summed E-state index contributed by atoms with van der Waals surface area (Å²) in [5, 5.41) is 1.88. The van der Waals surface area contributed by atoms with Crippen molar-refractivity contribution in [2.75, 3.05) is 32.1 Å². The third kappa shape index (κ3) is 7.64. The predicted molar refractivity (Wildman–Crippen MR) is 115 cm³/mol. The smallest absolute Gasteiger partial charge is 0.417 e. The number of nitrogens with zero attached hydrogens (tertiary/aromatic N) is 1. The van der Waals surface area contributed by atoms with Crippen LogP contribution in [0.1, 0.15) is 25.3 Å². The Morgan fingerprint density at radius 2 is 1.75 bits per heavy atom. The van der Waals surface area contributed by atoms with Crippen LogP contribution < -0.4 is 14.8 Å². The molecule has 0 heterocycles. The Bertz CT molecular complexity index is 938. The van der Waals surface area contributed by atoms with Crippen LogP contribution in [0.4, 0.5) is 18.9 Å². The summed E-state index contributed by atoms with van der Waals surface area (Å²) in [6, 6.07) is 10.3. The molecule has 2 aromatic rings. The van der Waals surface area contributed by atoms with Gasteiger partial charge in [0.05, 0.1) is 30.3 Å². The third-order valence-corrected chi connectivity index (χ3v) is 4.63. The van der Waals surface area contributed by atoms with Crippen molar-refractivity contribution in [1.82, 2.24) is 4.90 Å². The first-order chi connectivity index (χ1) is 15.1. The van der Waals surface area contributed by atoms with E-state index in [0.29, 0.717) is 24.5 Å². The lowest BCUT2D eigenvalue weighted by Crippen LogP contribution is -2.35. The van der Waals surface area contributed by atoms with Crippen molar-refractivity contribution < 1.29 is 32.2 Å². The summed E-state index contributed by atoms with van der Waals surface area (Å²) in [5.74, 6) is 0.272. The molecule has 10 heteroatoms. The van der Waals surface area contributed by atoms with E-state index in [-0.39, 0.29) is 31.2 Å². The predicted octanol–water partition coefficient (Wildman–Crippen LogP) is 5.01. The van der Waals surface area contributed by atoms with Gasteiger partial charge in [-0.1, -0.05) is 23.7 Å². The lowest BCUT2D eigenvalue weighted by Gasteiger charge is -2.18. The molecule has 0 radical (unpaired) electrons. The number of likely N-dealkylation sites (N-methyl/N-ethyl adjacent to an activating group) is 1. The van der Waals surface area contributed by atoms with Gasteiger partial charge in [0.1, 0.15) is 0 Å². The Morgan fingerprint density at radius 3 is 2.38 bits per heavy atom. The largest absolute Gasteiger partial charge is 0.490 e. The SMILES string of the molecule is CCOc1ccccc1OCCCC(=O)N(C)CC(=O)Nc1ccc(Cl)c(C(F)(F)F)c1. The molecule has 6 nitrogen and oxygen atoms in total. The van der Waals surface area contributed by atoms with Crippen molar-refractivity contribution in [2.24, 2.45) is 0 Å². The van der Waals surface area contributed by atoms with Gasteiger partial charge >= 0.3 is 6.18 Å². The van der Waals surface area contributed by atoms with Gasteiger partial charge in [0.15, 0.2) is 11.5 Å². The number of anilines is 1. The minimum absolute atomic E-state index is 0.0612. The van der Waals surface area contributed by atoms with E-state index in [0.717, 1.165) is 12.1 Å². The molecule has 0 saturated heterocycles. The normalized spacial score (nSPS) is 11.1. The van der Waals surface area contributed by atoms with E-state index in [4.69, 9.17) is 21.1 Å². The first-order valence-corrected chi connectivity index (χ1v) is 10.2. The number of rotatable bonds is 10. The number of ether oxygens (including phenoxy) is 2. The summed E-state index contributed by atoms with van der Waals surface area (Å²) >= 11 is 5.56. The van der Waals surface area contributed by atoms with Crippen LogP contribution in [0, 0.1) is 0 Å². The van der Waals surface area contributed by atoms with Gasteiger partial charge in [-0.15, -0.1) is 0 Å². The molecule has 2 rings (SSSR count). The van der Waals surface area contributed by atoms with Gasteiger partial charge in [-0.05, 0) is 43.7 Å². The number of carbonyl (C=O) groups is 2. The highest BCUT2D eigenvalue weighted by Gasteiger charge is 2.33. The summed E-state index contributed by atoms with van der Waals surface area (Å²) in [5.41, 5.74) is -1.11. The van der Waals surface area contributed by atoms with Gasteiger partial charge in [0, 0.05) is 19.2 Å². The molecule has 0 fully saturated rings. The molecule has 0 aliphatic rings. The Morgan fingerprint density at radius 1 is 1.09 bits per heavy atom. The van der Waals surface area contributed by atoms with Crippen molar-refractivity contribution >= 4 is 29.1 Å². The number of hydrogen-bond acceptors (Lipinski definition) is 4. The maximum absolute atomic E-state index is 12.9. The molecule has 2 aromatic carbocycles. The zero-order valence-corrected chi connectivity index (χ0v) is 18.4. The third-order valence-electron chi connectivity index (χ3n) is 4.30. The van der Waals surface area contributed by atoms with Gasteiger partial charge in [-0.25, -0.2) is 0 Å². The maximum atomic E-state index is 12.9. The number of benzene rings is 2. The van der Waals surface area contributed by atoms with Crippen molar-refractivity contribution in [3.05, 3.63) is 53.1 Å².